The number of benzene rings is 2. The Kier molecular flexibility index (Phi) is 4.80. The van der Waals surface area contributed by atoms with Crippen LogP contribution >= 0.6 is 11.8 Å². The smallest absolute Gasteiger partial charge is 0.194 e. The molecular formula is C17H18OS. The first kappa shape index (κ1) is 13.9. The average molecular weight is 270 g/mol. The van der Waals surface area contributed by atoms with E-state index in [2.05, 4.69) is 19.1 Å². The SMILES string of the molecule is CCCc1ccc(C(=O)c2ccccc2SC)cc1. The summed E-state index contributed by atoms with van der Waals surface area (Å²) in [7, 11) is 0. The van der Waals surface area contributed by atoms with Crippen molar-refractivity contribution in [2.45, 2.75) is 24.7 Å². The van der Waals surface area contributed by atoms with E-state index in [0.29, 0.717) is 0 Å². The molecule has 0 N–H and O–H groups in total. The molecule has 0 atom stereocenters. The minimum absolute atomic E-state index is 0.105. The van der Waals surface area contributed by atoms with E-state index < -0.39 is 0 Å². The minimum atomic E-state index is 0.105. The van der Waals surface area contributed by atoms with Crippen molar-refractivity contribution in [3.8, 4) is 0 Å². The van der Waals surface area contributed by atoms with Gasteiger partial charge < -0.3 is 0 Å². The van der Waals surface area contributed by atoms with Crippen LogP contribution in [-0.4, -0.2) is 12.0 Å². The molecule has 0 heterocycles. The predicted octanol–water partition coefficient (Wildman–Crippen LogP) is 4.59. The quantitative estimate of drug-likeness (QED) is 0.584. The van der Waals surface area contributed by atoms with Crippen molar-refractivity contribution in [2.24, 2.45) is 0 Å². The van der Waals surface area contributed by atoms with Gasteiger partial charge in [0.25, 0.3) is 0 Å². The summed E-state index contributed by atoms with van der Waals surface area (Å²) in [4.78, 5) is 13.5. The standard InChI is InChI=1S/C17H18OS/c1-3-6-13-9-11-14(12-10-13)17(18)15-7-4-5-8-16(15)19-2/h4-5,7-12H,3,6H2,1-2H3. The van der Waals surface area contributed by atoms with Crippen molar-refractivity contribution in [3.05, 3.63) is 65.2 Å². The highest BCUT2D eigenvalue weighted by atomic mass is 32.2. The Balaban J connectivity index is 2.28. The number of carbonyl (C=O) groups excluding carboxylic acids is 1. The number of thioether (sulfide) groups is 1. The van der Waals surface area contributed by atoms with Gasteiger partial charge in [-0.05, 0) is 30.4 Å². The van der Waals surface area contributed by atoms with Gasteiger partial charge in [-0.2, -0.15) is 0 Å². The number of ketones is 1. The first-order chi connectivity index (χ1) is 9.26. The average Bonchev–Trinajstić information content (AvgIpc) is 2.47. The molecule has 2 aromatic rings. The van der Waals surface area contributed by atoms with E-state index in [1.807, 2.05) is 42.7 Å². The first-order valence-corrected chi connectivity index (χ1v) is 7.75. The molecule has 0 spiro atoms. The predicted molar refractivity (Wildman–Crippen MR) is 82.1 cm³/mol. The van der Waals surface area contributed by atoms with E-state index in [1.165, 1.54) is 5.56 Å². The zero-order valence-corrected chi connectivity index (χ0v) is 12.2. The third-order valence-electron chi connectivity index (χ3n) is 3.11. The Bertz CT molecular complexity index is 558. The van der Waals surface area contributed by atoms with Gasteiger partial charge in [-0.3, -0.25) is 4.79 Å². The van der Waals surface area contributed by atoms with Crippen molar-refractivity contribution in [2.75, 3.05) is 6.26 Å². The fourth-order valence-corrected chi connectivity index (χ4v) is 2.69. The van der Waals surface area contributed by atoms with Crippen LogP contribution in [0.1, 0.15) is 34.8 Å². The van der Waals surface area contributed by atoms with Crippen LogP contribution in [0.4, 0.5) is 0 Å². The molecule has 0 saturated heterocycles. The first-order valence-electron chi connectivity index (χ1n) is 6.53. The summed E-state index contributed by atoms with van der Waals surface area (Å²) < 4.78 is 0. The second kappa shape index (κ2) is 6.58. The molecular weight excluding hydrogens is 252 g/mol. The van der Waals surface area contributed by atoms with Crippen LogP contribution in [0.5, 0.6) is 0 Å². The van der Waals surface area contributed by atoms with E-state index in [0.717, 1.165) is 28.9 Å². The van der Waals surface area contributed by atoms with Crippen molar-refractivity contribution >= 4 is 17.5 Å². The lowest BCUT2D eigenvalue weighted by molar-refractivity contribution is 0.103. The zero-order valence-electron chi connectivity index (χ0n) is 11.3. The molecule has 2 rings (SSSR count). The monoisotopic (exact) mass is 270 g/mol. The van der Waals surface area contributed by atoms with Crippen LogP contribution in [0.25, 0.3) is 0 Å². The number of rotatable bonds is 5. The highest BCUT2D eigenvalue weighted by Gasteiger charge is 2.12. The van der Waals surface area contributed by atoms with Gasteiger partial charge in [0.15, 0.2) is 5.78 Å². The molecule has 0 unspecified atom stereocenters. The summed E-state index contributed by atoms with van der Waals surface area (Å²) in [5.74, 6) is 0.105. The molecule has 98 valence electrons. The highest BCUT2D eigenvalue weighted by Crippen LogP contribution is 2.22. The lowest BCUT2D eigenvalue weighted by Gasteiger charge is -2.07. The molecule has 0 bridgehead atoms. The second-order valence-corrected chi connectivity index (χ2v) is 5.32. The number of hydrogen-bond donors (Lipinski definition) is 0. The molecule has 0 amide bonds. The van der Waals surface area contributed by atoms with Gasteiger partial charge >= 0.3 is 0 Å². The van der Waals surface area contributed by atoms with E-state index >= 15 is 0 Å². The van der Waals surface area contributed by atoms with Crippen LogP contribution in [0.2, 0.25) is 0 Å². The molecule has 0 fully saturated rings. The van der Waals surface area contributed by atoms with E-state index in [9.17, 15) is 4.79 Å². The molecule has 19 heavy (non-hydrogen) atoms. The fraction of sp³-hybridized carbons (Fsp3) is 0.235. The molecule has 1 nitrogen and oxygen atoms in total. The normalized spacial score (nSPS) is 10.4. The lowest BCUT2D eigenvalue weighted by atomic mass is 10.0. The molecule has 0 aromatic heterocycles. The number of carbonyl (C=O) groups is 1. The van der Waals surface area contributed by atoms with Crippen LogP contribution in [0, 0.1) is 0 Å². The van der Waals surface area contributed by atoms with Gasteiger partial charge in [-0.1, -0.05) is 49.7 Å². The topological polar surface area (TPSA) is 17.1 Å². The van der Waals surface area contributed by atoms with E-state index in [4.69, 9.17) is 0 Å². The van der Waals surface area contributed by atoms with Crippen molar-refractivity contribution < 1.29 is 4.79 Å². The van der Waals surface area contributed by atoms with Crippen LogP contribution < -0.4 is 0 Å². The Labute approximate surface area is 119 Å². The Morgan fingerprint density at radius 2 is 1.74 bits per heavy atom. The molecule has 0 aliphatic carbocycles. The molecule has 0 radical (unpaired) electrons. The second-order valence-electron chi connectivity index (χ2n) is 4.48. The Hall–Kier alpha value is -1.54. The Morgan fingerprint density at radius 3 is 2.37 bits per heavy atom. The maximum atomic E-state index is 12.5. The van der Waals surface area contributed by atoms with Crippen LogP contribution in [0.15, 0.2) is 53.4 Å². The summed E-state index contributed by atoms with van der Waals surface area (Å²) in [5, 5.41) is 0. The van der Waals surface area contributed by atoms with Crippen molar-refractivity contribution in [3.63, 3.8) is 0 Å². The molecule has 2 aromatic carbocycles. The van der Waals surface area contributed by atoms with Crippen molar-refractivity contribution in [1.82, 2.24) is 0 Å². The maximum Gasteiger partial charge on any atom is 0.194 e. The van der Waals surface area contributed by atoms with Crippen LogP contribution in [-0.2, 0) is 6.42 Å². The largest absolute Gasteiger partial charge is 0.289 e. The molecule has 0 aliphatic heterocycles. The van der Waals surface area contributed by atoms with Crippen LogP contribution in [0.3, 0.4) is 0 Å². The Morgan fingerprint density at radius 1 is 1.05 bits per heavy atom. The van der Waals surface area contributed by atoms with Gasteiger partial charge in [0.2, 0.25) is 0 Å². The van der Waals surface area contributed by atoms with Gasteiger partial charge in [0.1, 0.15) is 0 Å². The van der Waals surface area contributed by atoms with Gasteiger partial charge in [0, 0.05) is 16.0 Å². The lowest BCUT2D eigenvalue weighted by Crippen LogP contribution is -2.03. The molecule has 0 aliphatic rings. The van der Waals surface area contributed by atoms with Gasteiger partial charge in [-0.15, -0.1) is 11.8 Å². The highest BCUT2D eigenvalue weighted by molar-refractivity contribution is 7.98. The van der Waals surface area contributed by atoms with E-state index in [-0.39, 0.29) is 5.78 Å². The summed E-state index contributed by atoms with van der Waals surface area (Å²) in [6.07, 6.45) is 4.19. The third kappa shape index (κ3) is 3.27. The summed E-state index contributed by atoms with van der Waals surface area (Å²) >= 11 is 1.61. The molecule has 2 heteroatoms. The summed E-state index contributed by atoms with van der Waals surface area (Å²) in [6, 6.07) is 15.7. The van der Waals surface area contributed by atoms with Gasteiger partial charge in [0.05, 0.1) is 0 Å². The number of aryl methyl sites for hydroxylation is 1. The zero-order chi connectivity index (χ0) is 13.7. The third-order valence-corrected chi connectivity index (χ3v) is 3.90. The number of hydrogen-bond acceptors (Lipinski definition) is 2. The van der Waals surface area contributed by atoms with Gasteiger partial charge in [-0.25, -0.2) is 0 Å². The maximum absolute atomic E-state index is 12.5. The molecule has 0 saturated carbocycles. The summed E-state index contributed by atoms with van der Waals surface area (Å²) in [6.45, 7) is 2.16. The van der Waals surface area contributed by atoms with Crippen molar-refractivity contribution in [1.29, 1.82) is 0 Å². The van der Waals surface area contributed by atoms with E-state index in [1.54, 1.807) is 11.8 Å². The minimum Gasteiger partial charge on any atom is -0.289 e. The summed E-state index contributed by atoms with van der Waals surface area (Å²) in [5.41, 5.74) is 2.84. The fourth-order valence-electron chi connectivity index (χ4n) is 2.10.